The number of hydrogen-bond donors (Lipinski definition) is 1. The van der Waals surface area contributed by atoms with Crippen molar-refractivity contribution in [3.8, 4) is 11.5 Å². The Morgan fingerprint density at radius 2 is 1.76 bits per heavy atom. The van der Waals surface area contributed by atoms with Crippen LogP contribution in [0.3, 0.4) is 0 Å². The average Bonchev–Trinajstić information content (AvgIpc) is 2.76. The second-order valence-corrected chi connectivity index (χ2v) is 6.55. The zero-order chi connectivity index (χ0) is 20.4. The van der Waals surface area contributed by atoms with Gasteiger partial charge in [0.15, 0.2) is 11.5 Å². The Kier molecular flexibility index (Phi) is 4.83. The molecule has 2 amide bonds. The second-order valence-electron chi connectivity index (χ2n) is 6.55. The molecule has 3 aromatic rings. The number of fused-ring (bicyclic) bond motifs is 1. The van der Waals surface area contributed by atoms with Crippen LogP contribution in [0.15, 0.2) is 66.9 Å². The fraction of sp³-hybridized carbons (Fsp3) is 0.0870. The van der Waals surface area contributed by atoms with Crippen LogP contribution >= 0.6 is 0 Å². The number of imide groups is 1. The van der Waals surface area contributed by atoms with Gasteiger partial charge in [-0.05, 0) is 47.5 Å². The summed E-state index contributed by atoms with van der Waals surface area (Å²) in [7, 11) is 1.46. The third-order valence-corrected chi connectivity index (χ3v) is 4.73. The molecule has 2 aromatic carbocycles. The van der Waals surface area contributed by atoms with E-state index in [0.717, 1.165) is 0 Å². The normalized spacial score (nSPS) is 14.8. The molecule has 6 nitrogen and oxygen atoms in total. The minimum atomic E-state index is -0.397. The predicted molar refractivity (Wildman–Crippen MR) is 108 cm³/mol. The van der Waals surface area contributed by atoms with Gasteiger partial charge >= 0.3 is 0 Å². The van der Waals surface area contributed by atoms with Crippen molar-refractivity contribution >= 4 is 23.5 Å². The van der Waals surface area contributed by atoms with Crippen LogP contribution in [0, 0.1) is 0 Å². The van der Waals surface area contributed by atoms with Gasteiger partial charge in [-0.1, -0.05) is 30.3 Å². The van der Waals surface area contributed by atoms with E-state index in [-0.39, 0.29) is 18.2 Å². The van der Waals surface area contributed by atoms with Crippen molar-refractivity contribution in [3.63, 3.8) is 0 Å². The molecule has 0 atom stereocenters. The summed E-state index contributed by atoms with van der Waals surface area (Å²) in [4.78, 5) is 31.7. The lowest BCUT2D eigenvalue weighted by molar-refractivity contribution is -0.123. The molecule has 0 unspecified atom stereocenters. The zero-order valence-corrected chi connectivity index (χ0v) is 15.7. The summed E-state index contributed by atoms with van der Waals surface area (Å²) in [6.45, 7) is 0.0864. The largest absolute Gasteiger partial charge is 0.504 e. The average molecular weight is 386 g/mol. The molecular formula is C23H18N2O4. The summed E-state index contributed by atoms with van der Waals surface area (Å²) in [5.41, 5.74) is 2.72. The van der Waals surface area contributed by atoms with Gasteiger partial charge in [0.1, 0.15) is 0 Å². The number of ether oxygens (including phenoxy) is 1. The maximum atomic E-state index is 13.3. The molecule has 0 radical (unpaired) electrons. The summed E-state index contributed by atoms with van der Waals surface area (Å²) >= 11 is 0. The van der Waals surface area contributed by atoms with Crippen molar-refractivity contribution in [2.75, 3.05) is 7.11 Å². The van der Waals surface area contributed by atoms with Crippen LogP contribution in [0.25, 0.3) is 11.6 Å². The summed E-state index contributed by atoms with van der Waals surface area (Å²) < 4.78 is 5.15. The third kappa shape index (κ3) is 3.48. The predicted octanol–water partition coefficient (Wildman–Crippen LogP) is 3.52. The molecule has 0 aliphatic carbocycles. The highest BCUT2D eigenvalue weighted by atomic mass is 16.5. The standard InChI is InChI=1S/C23H18N2O4/c1-29-21-13-15(9-10-20(21)26)12-19-17-7-2-3-8-18(17)22(27)25(23(19)28)14-16-6-4-5-11-24-16/h2-13,26H,14H2,1H3. The summed E-state index contributed by atoms with van der Waals surface area (Å²) in [6, 6.07) is 17.2. The van der Waals surface area contributed by atoms with Crippen LogP contribution in [0.2, 0.25) is 0 Å². The van der Waals surface area contributed by atoms with E-state index in [0.29, 0.717) is 33.7 Å². The lowest BCUT2D eigenvalue weighted by Crippen LogP contribution is -2.41. The summed E-state index contributed by atoms with van der Waals surface area (Å²) in [6.07, 6.45) is 3.32. The van der Waals surface area contributed by atoms with Gasteiger partial charge in [-0.25, -0.2) is 0 Å². The molecule has 1 aliphatic rings. The van der Waals surface area contributed by atoms with Gasteiger partial charge in [-0.2, -0.15) is 0 Å². The number of phenols is 1. The highest BCUT2D eigenvalue weighted by molar-refractivity contribution is 6.33. The molecule has 0 bridgehead atoms. The SMILES string of the molecule is COc1cc(C=C2C(=O)N(Cc3ccccn3)C(=O)c3ccccc32)ccc1O. The van der Waals surface area contributed by atoms with Gasteiger partial charge in [0.25, 0.3) is 11.8 Å². The van der Waals surface area contributed by atoms with Crippen molar-refractivity contribution in [1.29, 1.82) is 0 Å². The zero-order valence-electron chi connectivity index (χ0n) is 15.7. The smallest absolute Gasteiger partial charge is 0.261 e. The molecular weight excluding hydrogens is 368 g/mol. The first kappa shape index (κ1) is 18.4. The summed E-state index contributed by atoms with van der Waals surface area (Å²) in [5.74, 6) is -0.433. The molecule has 6 heteroatoms. The van der Waals surface area contributed by atoms with Gasteiger partial charge in [0.05, 0.1) is 19.3 Å². The molecule has 0 saturated heterocycles. The molecule has 0 spiro atoms. The van der Waals surface area contributed by atoms with Gasteiger partial charge in [-0.15, -0.1) is 0 Å². The Labute approximate surface area is 167 Å². The fourth-order valence-corrected chi connectivity index (χ4v) is 3.29. The number of aromatic nitrogens is 1. The third-order valence-electron chi connectivity index (χ3n) is 4.73. The van der Waals surface area contributed by atoms with E-state index in [9.17, 15) is 14.7 Å². The number of hydrogen-bond acceptors (Lipinski definition) is 5. The second kappa shape index (κ2) is 7.59. The Morgan fingerprint density at radius 1 is 1.00 bits per heavy atom. The van der Waals surface area contributed by atoms with Crippen LogP contribution in [0.5, 0.6) is 11.5 Å². The number of phenolic OH excluding ortho intramolecular Hbond substituents is 1. The van der Waals surface area contributed by atoms with E-state index < -0.39 is 5.91 Å². The quantitative estimate of drug-likeness (QED) is 0.548. The molecule has 0 fully saturated rings. The van der Waals surface area contributed by atoms with Crippen LogP contribution in [-0.2, 0) is 11.3 Å². The first-order chi connectivity index (χ1) is 14.1. The van der Waals surface area contributed by atoms with E-state index in [2.05, 4.69) is 4.98 Å². The lowest BCUT2D eigenvalue weighted by atomic mass is 9.92. The molecule has 1 aromatic heterocycles. The molecule has 4 rings (SSSR count). The number of nitrogens with zero attached hydrogens (tertiary/aromatic N) is 2. The Bertz CT molecular complexity index is 1120. The maximum Gasteiger partial charge on any atom is 0.261 e. The molecule has 144 valence electrons. The number of pyridine rings is 1. The monoisotopic (exact) mass is 386 g/mol. The minimum absolute atomic E-state index is 0.0111. The highest BCUT2D eigenvalue weighted by Crippen LogP contribution is 2.33. The van der Waals surface area contributed by atoms with Crippen LogP contribution in [0.4, 0.5) is 0 Å². The summed E-state index contributed by atoms with van der Waals surface area (Å²) in [5, 5.41) is 9.82. The number of methoxy groups -OCH3 is 1. The van der Waals surface area contributed by atoms with Gasteiger partial charge in [0, 0.05) is 17.3 Å². The van der Waals surface area contributed by atoms with Crippen LogP contribution in [0.1, 0.15) is 27.2 Å². The van der Waals surface area contributed by atoms with E-state index >= 15 is 0 Å². The minimum Gasteiger partial charge on any atom is -0.504 e. The van der Waals surface area contributed by atoms with Crippen molar-refractivity contribution in [3.05, 3.63) is 89.2 Å². The number of carbonyl (C=O) groups excluding carboxylic acids is 2. The van der Waals surface area contributed by atoms with E-state index in [1.54, 1.807) is 60.8 Å². The van der Waals surface area contributed by atoms with Gasteiger partial charge < -0.3 is 9.84 Å². The van der Waals surface area contributed by atoms with Gasteiger partial charge in [0.2, 0.25) is 0 Å². The van der Waals surface area contributed by atoms with Crippen molar-refractivity contribution < 1.29 is 19.4 Å². The molecule has 2 heterocycles. The highest BCUT2D eigenvalue weighted by Gasteiger charge is 2.34. The van der Waals surface area contributed by atoms with Crippen molar-refractivity contribution in [2.45, 2.75) is 6.54 Å². The molecule has 1 aliphatic heterocycles. The van der Waals surface area contributed by atoms with E-state index in [4.69, 9.17) is 4.74 Å². The van der Waals surface area contributed by atoms with Crippen molar-refractivity contribution in [1.82, 2.24) is 9.88 Å². The molecule has 1 N–H and O–H groups in total. The van der Waals surface area contributed by atoms with Gasteiger partial charge in [-0.3, -0.25) is 19.5 Å². The maximum absolute atomic E-state index is 13.3. The Hall–Kier alpha value is -3.93. The van der Waals surface area contributed by atoms with Crippen LogP contribution in [-0.4, -0.2) is 33.9 Å². The number of benzene rings is 2. The first-order valence-electron chi connectivity index (χ1n) is 9.02. The van der Waals surface area contributed by atoms with Crippen molar-refractivity contribution in [2.24, 2.45) is 0 Å². The number of rotatable bonds is 4. The van der Waals surface area contributed by atoms with E-state index in [1.807, 2.05) is 6.07 Å². The fourth-order valence-electron chi connectivity index (χ4n) is 3.29. The Balaban J connectivity index is 1.81. The molecule has 29 heavy (non-hydrogen) atoms. The first-order valence-corrected chi connectivity index (χ1v) is 9.02. The molecule has 0 saturated carbocycles. The number of amides is 2. The number of aromatic hydroxyl groups is 1. The topological polar surface area (TPSA) is 79.7 Å². The van der Waals surface area contributed by atoms with E-state index in [1.165, 1.54) is 18.1 Å². The van der Waals surface area contributed by atoms with Crippen LogP contribution < -0.4 is 4.74 Å². The number of carbonyl (C=O) groups is 2. The lowest BCUT2D eigenvalue weighted by Gasteiger charge is -2.28. The Morgan fingerprint density at radius 3 is 2.48 bits per heavy atom.